The van der Waals surface area contributed by atoms with Gasteiger partial charge >= 0.3 is 0 Å². The van der Waals surface area contributed by atoms with Gasteiger partial charge in [0.25, 0.3) is 5.91 Å². The average molecular weight is 574 g/mol. The molecule has 3 amide bonds. The minimum atomic E-state index is -3.96. The highest BCUT2D eigenvalue weighted by atomic mass is 32.2. The van der Waals surface area contributed by atoms with Crippen LogP contribution in [-0.2, 0) is 25.4 Å². The first-order valence-electron chi connectivity index (χ1n) is 12.8. The second-order valence-electron chi connectivity index (χ2n) is 9.35. The molecule has 14 heteroatoms. The number of benzene rings is 2. The fourth-order valence-corrected chi connectivity index (χ4v) is 5.63. The molecule has 1 aliphatic rings. The van der Waals surface area contributed by atoms with Crippen molar-refractivity contribution in [3.05, 3.63) is 71.8 Å². The molecule has 0 saturated carbocycles. The van der Waals surface area contributed by atoms with Crippen molar-refractivity contribution in [1.29, 1.82) is 5.41 Å². The summed E-state index contributed by atoms with van der Waals surface area (Å²) in [5.41, 5.74) is 6.41. The zero-order chi connectivity index (χ0) is 29.1. The molecule has 0 spiro atoms. The van der Waals surface area contributed by atoms with E-state index >= 15 is 0 Å². The fraction of sp³-hybridized carbons (Fsp3) is 0.385. The predicted molar refractivity (Wildman–Crippen MR) is 148 cm³/mol. The van der Waals surface area contributed by atoms with Crippen LogP contribution in [0.2, 0.25) is 0 Å². The molecule has 2 aromatic carbocycles. The SMILES string of the molecule is N=C(N)N1CCC[C@H](NC(=O)CNC(=O)[C@@H](CCNC(=O)c2ccccc2)NS(=O)(=O)Cc2ccccc2)C1O. The zero-order valence-electron chi connectivity index (χ0n) is 21.9. The molecule has 1 heterocycles. The van der Waals surface area contributed by atoms with Crippen molar-refractivity contribution in [3.8, 4) is 0 Å². The lowest BCUT2D eigenvalue weighted by atomic mass is 10.0. The highest BCUT2D eigenvalue weighted by molar-refractivity contribution is 7.88. The Morgan fingerprint density at radius 2 is 1.70 bits per heavy atom. The molecule has 1 saturated heterocycles. The summed E-state index contributed by atoms with van der Waals surface area (Å²) in [5.74, 6) is -2.41. The first-order valence-corrected chi connectivity index (χ1v) is 14.4. The lowest BCUT2D eigenvalue weighted by molar-refractivity contribution is -0.128. The molecule has 1 fully saturated rings. The summed E-state index contributed by atoms with van der Waals surface area (Å²) >= 11 is 0. The van der Waals surface area contributed by atoms with Crippen molar-refractivity contribution in [3.63, 3.8) is 0 Å². The number of sulfonamides is 1. The summed E-state index contributed by atoms with van der Waals surface area (Å²) in [6, 6.07) is 14.9. The number of carbonyl (C=O) groups excluding carboxylic acids is 3. The van der Waals surface area contributed by atoms with Crippen molar-refractivity contribution in [2.75, 3.05) is 19.6 Å². The maximum absolute atomic E-state index is 13.0. The Labute approximate surface area is 233 Å². The van der Waals surface area contributed by atoms with E-state index in [2.05, 4.69) is 20.7 Å². The quantitative estimate of drug-likeness (QED) is 0.126. The number of guanidine groups is 1. The van der Waals surface area contributed by atoms with E-state index in [1.54, 1.807) is 60.7 Å². The van der Waals surface area contributed by atoms with Crippen LogP contribution < -0.4 is 26.4 Å². The van der Waals surface area contributed by atoms with Crippen molar-refractivity contribution in [2.24, 2.45) is 5.73 Å². The lowest BCUT2D eigenvalue weighted by Gasteiger charge is -2.38. The summed E-state index contributed by atoms with van der Waals surface area (Å²) in [7, 11) is -3.96. The number of hydrogen-bond acceptors (Lipinski definition) is 7. The summed E-state index contributed by atoms with van der Waals surface area (Å²) in [4.78, 5) is 39.1. The minimum Gasteiger partial charge on any atom is -0.371 e. The van der Waals surface area contributed by atoms with Crippen LogP contribution in [0.1, 0.15) is 35.2 Å². The van der Waals surface area contributed by atoms with E-state index in [9.17, 15) is 27.9 Å². The molecule has 40 heavy (non-hydrogen) atoms. The van der Waals surface area contributed by atoms with E-state index in [0.29, 0.717) is 30.5 Å². The fourth-order valence-electron chi connectivity index (χ4n) is 4.26. The minimum absolute atomic E-state index is 0.0129. The number of piperidine rings is 1. The van der Waals surface area contributed by atoms with Crippen molar-refractivity contribution in [1.82, 2.24) is 25.6 Å². The van der Waals surface area contributed by atoms with Gasteiger partial charge in [0, 0.05) is 18.7 Å². The Balaban J connectivity index is 1.60. The Kier molecular flexibility index (Phi) is 11.0. The van der Waals surface area contributed by atoms with E-state index in [1.807, 2.05) is 0 Å². The maximum atomic E-state index is 13.0. The van der Waals surface area contributed by atoms with E-state index in [0.717, 1.165) is 0 Å². The second-order valence-corrected chi connectivity index (χ2v) is 11.1. The van der Waals surface area contributed by atoms with Crippen molar-refractivity contribution < 1.29 is 27.9 Å². The number of aliphatic hydroxyl groups is 1. The van der Waals surface area contributed by atoms with Crippen LogP contribution >= 0.6 is 0 Å². The highest BCUT2D eigenvalue weighted by Crippen LogP contribution is 2.15. The molecule has 1 aliphatic heterocycles. The van der Waals surface area contributed by atoms with Gasteiger partial charge in [-0.25, -0.2) is 13.1 Å². The Hall–Kier alpha value is -4.01. The first-order chi connectivity index (χ1) is 19.1. The Bertz CT molecular complexity index is 1280. The summed E-state index contributed by atoms with van der Waals surface area (Å²) in [5, 5.41) is 25.6. The number of rotatable bonds is 12. The summed E-state index contributed by atoms with van der Waals surface area (Å²) in [6.07, 6.45) is -0.215. The molecule has 0 aliphatic carbocycles. The Morgan fingerprint density at radius 3 is 2.35 bits per heavy atom. The molecular weight excluding hydrogens is 538 g/mol. The molecule has 0 aromatic heterocycles. The molecule has 3 atom stereocenters. The predicted octanol–water partition coefficient (Wildman–Crippen LogP) is -0.797. The van der Waals surface area contributed by atoms with Crippen LogP contribution in [0.4, 0.5) is 0 Å². The van der Waals surface area contributed by atoms with E-state index in [4.69, 9.17) is 11.1 Å². The number of nitrogens with one attached hydrogen (secondary N) is 5. The second kappa shape index (κ2) is 14.4. The molecule has 0 radical (unpaired) electrons. The number of carbonyl (C=O) groups is 3. The smallest absolute Gasteiger partial charge is 0.251 e. The molecule has 216 valence electrons. The van der Waals surface area contributed by atoms with Gasteiger partial charge in [-0.05, 0) is 37.0 Å². The monoisotopic (exact) mass is 573 g/mol. The van der Waals surface area contributed by atoms with Crippen LogP contribution in [-0.4, -0.2) is 80.1 Å². The number of hydrogen-bond donors (Lipinski definition) is 7. The standard InChI is InChI=1S/C26H35N7O6S/c27-26(28)33-15-7-12-21(25(33)37)31-22(34)16-30-24(36)20(13-14-29-23(35)19-10-5-2-6-11-19)32-40(38,39)17-18-8-3-1-4-9-18/h1-6,8-11,20-21,25,32,37H,7,12-17H2,(H3,27,28)(H,29,35)(H,30,36)(H,31,34)/t20-,21+,25?/m1/s1. The number of nitrogens with zero attached hydrogens (tertiary/aromatic N) is 1. The third kappa shape index (κ3) is 9.32. The third-order valence-corrected chi connectivity index (χ3v) is 7.62. The van der Waals surface area contributed by atoms with E-state index in [1.165, 1.54) is 4.90 Å². The normalized spacial score (nSPS) is 17.9. The van der Waals surface area contributed by atoms with Gasteiger partial charge in [-0.15, -0.1) is 0 Å². The average Bonchev–Trinajstić information content (AvgIpc) is 2.92. The van der Waals surface area contributed by atoms with Crippen LogP contribution in [0.15, 0.2) is 60.7 Å². The van der Waals surface area contributed by atoms with Gasteiger partial charge < -0.3 is 31.7 Å². The molecule has 0 bridgehead atoms. The molecule has 8 N–H and O–H groups in total. The molecule has 2 aromatic rings. The highest BCUT2D eigenvalue weighted by Gasteiger charge is 2.32. The molecule has 1 unspecified atom stereocenters. The van der Waals surface area contributed by atoms with Gasteiger partial charge in [0.1, 0.15) is 12.3 Å². The van der Waals surface area contributed by atoms with Gasteiger partial charge in [-0.1, -0.05) is 48.5 Å². The largest absolute Gasteiger partial charge is 0.371 e. The summed E-state index contributed by atoms with van der Waals surface area (Å²) in [6.45, 7) is -0.109. The van der Waals surface area contributed by atoms with Crippen LogP contribution in [0.5, 0.6) is 0 Å². The number of likely N-dealkylation sites (tertiary alicyclic amines) is 1. The Morgan fingerprint density at radius 1 is 1.05 bits per heavy atom. The zero-order valence-corrected chi connectivity index (χ0v) is 22.7. The molecule has 3 rings (SSSR count). The summed E-state index contributed by atoms with van der Waals surface area (Å²) < 4.78 is 28.1. The van der Waals surface area contributed by atoms with Gasteiger partial charge in [0.05, 0.1) is 18.3 Å². The lowest BCUT2D eigenvalue weighted by Crippen LogP contribution is -2.59. The van der Waals surface area contributed by atoms with Crippen LogP contribution in [0, 0.1) is 5.41 Å². The van der Waals surface area contributed by atoms with Gasteiger partial charge in [-0.3, -0.25) is 19.8 Å². The first kappa shape index (κ1) is 30.5. The van der Waals surface area contributed by atoms with Gasteiger partial charge in [0.15, 0.2) is 5.96 Å². The topological polar surface area (TPSA) is 207 Å². The van der Waals surface area contributed by atoms with Crippen LogP contribution in [0.25, 0.3) is 0 Å². The van der Waals surface area contributed by atoms with Gasteiger partial charge in [0.2, 0.25) is 21.8 Å². The molecular formula is C26H35N7O6S. The van der Waals surface area contributed by atoms with E-state index < -0.39 is 46.7 Å². The van der Waals surface area contributed by atoms with Gasteiger partial charge in [-0.2, -0.15) is 0 Å². The van der Waals surface area contributed by atoms with Crippen molar-refractivity contribution in [2.45, 2.75) is 43.3 Å². The van der Waals surface area contributed by atoms with Crippen LogP contribution in [0.3, 0.4) is 0 Å². The molecule has 13 nitrogen and oxygen atoms in total. The van der Waals surface area contributed by atoms with E-state index in [-0.39, 0.29) is 30.6 Å². The number of nitrogens with two attached hydrogens (primary N) is 1. The maximum Gasteiger partial charge on any atom is 0.251 e. The number of aliphatic hydroxyl groups excluding tert-OH is 1. The third-order valence-electron chi connectivity index (χ3n) is 6.26. The van der Waals surface area contributed by atoms with Crippen molar-refractivity contribution >= 4 is 33.7 Å². The number of amides is 3.